The Morgan fingerprint density at radius 2 is 2.11 bits per heavy atom. The summed E-state index contributed by atoms with van der Waals surface area (Å²) in [6.45, 7) is 0. The van der Waals surface area contributed by atoms with E-state index in [0.29, 0.717) is 0 Å². The van der Waals surface area contributed by atoms with E-state index in [4.69, 9.17) is 23.2 Å². The number of fused-ring (bicyclic) bond motifs is 3. The van der Waals surface area contributed by atoms with Crippen molar-refractivity contribution in [3.05, 3.63) is 35.5 Å². The van der Waals surface area contributed by atoms with E-state index >= 15 is 0 Å². The summed E-state index contributed by atoms with van der Waals surface area (Å²) in [4.78, 5) is 13.8. The number of rotatable bonds is 2. The van der Waals surface area contributed by atoms with Gasteiger partial charge in [-0.25, -0.2) is 0 Å². The Morgan fingerprint density at radius 1 is 1.33 bits per heavy atom. The molecule has 5 heteroatoms. The van der Waals surface area contributed by atoms with Crippen LogP contribution in [0, 0.1) is 0 Å². The average molecular weight is 283 g/mol. The van der Waals surface area contributed by atoms with Crippen LogP contribution in [0.15, 0.2) is 24.3 Å². The van der Waals surface area contributed by atoms with E-state index in [-0.39, 0.29) is 11.9 Å². The molecule has 1 heterocycles. The molecule has 2 N–H and O–H groups in total. The van der Waals surface area contributed by atoms with Gasteiger partial charge in [0.05, 0.1) is 0 Å². The number of halogens is 2. The molecular formula is C13H12Cl2N2O. The van der Waals surface area contributed by atoms with E-state index in [1.165, 1.54) is 16.6 Å². The van der Waals surface area contributed by atoms with Gasteiger partial charge >= 0.3 is 0 Å². The predicted molar refractivity (Wildman–Crippen MR) is 73.1 cm³/mol. The first kappa shape index (κ1) is 11.9. The smallest absolute Gasteiger partial charge is 0.253 e. The highest BCUT2D eigenvalue weighted by atomic mass is 35.5. The van der Waals surface area contributed by atoms with Crippen LogP contribution in [0.5, 0.6) is 0 Å². The molecule has 1 atom stereocenters. The molecule has 18 heavy (non-hydrogen) atoms. The lowest BCUT2D eigenvalue weighted by Gasteiger charge is -2.12. The molecule has 94 valence electrons. The maximum atomic E-state index is 11.5. The highest BCUT2D eigenvalue weighted by molar-refractivity contribution is 6.53. The standard InChI is InChI=1S/C13H12Cl2N2O/c14-12(15)13(18)16-7-5-9-8-3-1-2-4-10(8)17-11(9)6-7/h1-4,7,12,17H,5-6H2,(H,16,18). The van der Waals surface area contributed by atoms with Crippen molar-refractivity contribution in [1.29, 1.82) is 0 Å². The summed E-state index contributed by atoms with van der Waals surface area (Å²) < 4.78 is 0. The van der Waals surface area contributed by atoms with Crippen molar-refractivity contribution < 1.29 is 4.79 Å². The second kappa shape index (κ2) is 4.48. The Hall–Kier alpha value is -1.19. The van der Waals surface area contributed by atoms with Crippen LogP contribution in [0.4, 0.5) is 0 Å². The summed E-state index contributed by atoms with van der Waals surface area (Å²) in [5, 5.41) is 4.09. The molecule has 0 fully saturated rings. The second-order valence-corrected chi connectivity index (χ2v) is 5.64. The van der Waals surface area contributed by atoms with E-state index < -0.39 is 4.84 Å². The SMILES string of the molecule is O=C(NC1Cc2[nH]c3ccccc3c2C1)C(Cl)Cl. The lowest BCUT2D eigenvalue weighted by Crippen LogP contribution is -2.38. The Balaban J connectivity index is 1.82. The van der Waals surface area contributed by atoms with Crippen molar-refractivity contribution in [2.24, 2.45) is 0 Å². The van der Waals surface area contributed by atoms with E-state index in [2.05, 4.69) is 22.4 Å². The molecule has 3 nitrogen and oxygen atoms in total. The van der Waals surface area contributed by atoms with Crippen LogP contribution in [-0.2, 0) is 17.6 Å². The Kier molecular flexibility index (Phi) is 2.96. The number of hydrogen-bond donors (Lipinski definition) is 2. The average Bonchev–Trinajstić information content (AvgIpc) is 2.85. The van der Waals surface area contributed by atoms with Crippen molar-refractivity contribution in [3.63, 3.8) is 0 Å². The van der Waals surface area contributed by atoms with Crippen LogP contribution in [0.25, 0.3) is 10.9 Å². The molecular weight excluding hydrogens is 271 g/mol. The predicted octanol–water partition coefficient (Wildman–Crippen LogP) is 2.56. The normalized spacial score (nSPS) is 18.3. The Morgan fingerprint density at radius 3 is 2.89 bits per heavy atom. The second-order valence-electron chi connectivity index (χ2n) is 4.54. The summed E-state index contributed by atoms with van der Waals surface area (Å²) in [5.74, 6) is -0.321. The number of hydrogen-bond acceptors (Lipinski definition) is 1. The summed E-state index contributed by atoms with van der Waals surface area (Å²) in [5.41, 5.74) is 3.64. The Labute approximate surface area is 114 Å². The monoisotopic (exact) mass is 282 g/mol. The number of benzene rings is 1. The van der Waals surface area contributed by atoms with Gasteiger partial charge in [-0.05, 0) is 18.1 Å². The molecule has 1 aliphatic rings. The number of carbonyl (C=O) groups is 1. The molecule has 1 aromatic carbocycles. The summed E-state index contributed by atoms with van der Waals surface area (Å²) in [6, 6.07) is 8.29. The molecule has 0 radical (unpaired) electrons. The summed E-state index contributed by atoms with van der Waals surface area (Å²) in [7, 11) is 0. The molecule has 1 aliphatic carbocycles. The van der Waals surface area contributed by atoms with Gasteiger partial charge in [-0.3, -0.25) is 4.79 Å². The largest absolute Gasteiger partial charge is 0.358 e. The molecule has 2 aromatic rings. The minimum Gasteiger partial charge on any atom is -0.358 e. The number of para-hydroxylation sites is 1. The van der Waals surface area contributed by atoms with Crippen LogP contribution in [0.1, 0.15) is 11.3 Å². The minimum atomic E-state index is -0.999. The lowest BCUT2D eigenvalue weighted by molar-refractivity contribution is -0.120. The fourth-order valence-electron chi connectivity index (χ4n) is 2.59. The van der Waals surface area contributed by atoms with Gasteiger partial charge in [0.1, 0.15) is 0 Å². The topological polar surface area (TPSA) is 44.9 Å². The minimum absolute atomic E-state index is 0.0864. The molecule has 0 saturated heterocycles. The maximum Gasteiger partial charge on any atom is 0.253 e. The van der Waals surface area contributed by atoms with Gasteiger partial charge in [-0.15, -0.1) is 0 Å². The van der Waals surface area contributed by atoms with Crippen LogP contribution >= 0.6 is 23.2 Å². The number of carbonyl (C=O) groups excluding carboxylic acids is 1. The quantitative estimate of drug-likeness (QED) is 0.817. The molecule has 1 amide bonds. The fraction of sp³-hybridized carbons (Fsp3) is 0.308. The van der Waals surface area contributed by atoms with Gasteiger partial charge in [0.25, 0.3) is 5.91 Å². The van der Waals surface area contributed by atoms with Crippen molar-refractivity contribution in [2.45, 2.75) is 23.7 Å². The first-order chi connectivity index (χ1) is 8.65. The van der Waals surface area contributed by atoms with Crippen molar-refractivity contribution in [2.75, 3.05) is 0 Å². The number of aromatic amines is 1. The molecule has 0 spiro atoms. The molecule has 3 rings (SSSR count). The zero-order valence-corrected chi connectivity index (χ0v) is 11.1. The number of H-pyrrole nitrogens is 1. The molecule has 0 saturated carbocycles. The van der Waals surface area contributed by atoms with E-state index in [1.807, 2.05) is 12.1 Å². The number of nitrogens with one attached hydrogen (secondary N) is 2. The molecule has 0 bridgehead atoms. The molecule has 0 aliphatic heterocycles. The van der Waals surface area contributed by atoms with E-state index in [0.717, 1.165) is 18.4 Å². The zero-order chi connectivity index (χ0) is 12.7. The highest BCUT2D eigenvalue weighted by Gasteiger charge is 2.27. The number of amides is 1. The molecule has 1 aromatic heterocycles. The van der Waals surface area contributed by atoms with Crippen molar-refractivity contribution >= 4 is 40.0 Å². The van der Waals surface area contributed by atoms with Gasteiger partial charge in [-0.2, -0.15) is 0 Å². The fourth-order valence-corrected chi connectivity index (χ4v) is 2.72. The van der Waals surface area contributed by atoms with Crippen molar-refractivity contribution in [3.8, 4) is 0 Å². The highest BCUT2D eigenvalue weighted by Crippen LogP contribution is 2.30. The van der Waals surface area contributed by atoms with Gasteiger partial charge in [0.2, 0.25) is 0 Å². The summed E-state index contributed by atoms with van der Waals surface area (Å²) in [6.07, 6.45) is 1.63. The lowest BCUT2D eigenvalue weighted by atomic mass is 10.1. The number of alkyl halides is 2. The van der Waals surface area contributed by atoms with Crippen LogP contribution in [-0.4, -0.2) is 21.8 Å². The summed E-state index contributed by atoms with van der Waals surface area (Å²) >= 11 is 11.1. The maximum absolute atomic E-state index is 11.5. The third-order valence-corrected chi connectivity index (χ3v) is 3.74. The van der Waals surface area contributed by atoms with Gasteiger partial charge in [0, 0.05) is 29.1 Å². The zero-order valence-electron chi connectivity index (χ0n) is 9.54. The van der Waals surface area contributed by atoms with Crippen LogP contribution in [0.2, 0.25) is 0 Å². The van der Waals surface area contributed by atoms with Gasteiger partial charge in [0.15, 0.2) is 4.84 Å². The first-order valence-electron chi connectivity index (χ1n) is 5.82. The van der Waals surface area contributed by atoms with Crippen molar-refractivity contribution in [1.82, 2.24) is 10.3 Å². The molecule has 1 unspecified atom stereocenters. The van der Waals surface area contributed by atoms with Gasteiger partial charge < -0.3 is 10.3 Å². The van der Waals surface area contributed by atoms with Crippen LogP contribution < -0.4 is 5.32 Å². The van der Waals surface area contributed by atoms with Crippen LogP contribution in [0.3, 0.4) is 0 Å². The third-order valence-electron chi connectivity index (χ3n) is 3.35. The van der Waals surface area contributed by atoms with E-state index in [9.17, 15) is 4.79 Å². The van der Waals surface area contributed by atoms with E-state index in [1.54, 1.807) is 0 Å². The number of aromatic nitrogens is 1. The van der Waals surface area contributed by atoms with Gasteiger partial charge in [-0.1, -0.05) is 41.4 Å². The third kappa shape index (κ3) is 1.98. The first-order valence-corrected chi connectivity index (χ1v) is 6.69. The Bertz CT molecular complexity index is 606.